The van der Waals surface area contributed by atoms with Gasteiger partial charge in [0.2, 0.25) is 0 Å². The molecule has 2 bridgehead atoms. The molecule has 2 aliphatic rings. The third-order valence-corrected chi connectivity index (χ3v) is 6.18. The smallest absolute Gasteiger partial charge is 0.313 e. The number of carbonyl (C=O) groups is 2. The highest BCUT2D eigenvalue weighted by Gasteiger charge is 2.75. The third kappa shape index (κ3) is 1.77. The molecular weight excluding hydrogens is 325 g/mol. The number of halogens is 2. The van der Waals surface area contributed by atoms with Crippen molar-refractivity contribution in [3.8, 4) is 0 Å². The highest BCUT2D eigenvalue weighted by molar-refractivity contribution is 6.36. The summed E-state index contributed by atoms with van der Waals surface area (Å²) in [5, 5.41) is 3.62. The average Bonchev–Trinajstić information content (AvgIpc) is 2.72. The van der Waals surface area contributed by atoms with Crippen molar-refractivity contribution in [1.82, 2.24) is 0 Å². The zero-order valence-corrected chi connectivity index (χ0v) is 14.1. The van der Waals surface area contributed by atoms with Gasteiger partial charge in [-0.1, -0.05) is 37.0 Å². The summed E-state index contributed by atoms with van der Waals surface area (Å²) in [4.78, 5) is 25.1. The second kappa shape index (κ2) is 4.62. The Morgan fingerprint density at radius 1 is 1.23 bits per heavy atom. The number of fused-ring (bicyclic) bond motifs is 2. The maximum absolute atomic E-state index is 12.9. The van der Waals surface area contributed by atoms with E-state index in [1.807, 2.05) is 20.8 Å². The molecule has 0 aromatic heterocycles. The fourth-order valence-corrected chi connectivity index (χ4v) is 4.02. The molecule has 1 saturated heterocycles. The molecule has 1 amide bonds. The maximum atomic E-state index is 12.9. The molecule has 6 heteroatoms. The van der Waals surface area contributed by atoms with Crippen molar-refractivity contribution in [3.05, 3.63) is 28.2 Å². The van der Waals surface area contributed by atoms with Crippen LogP contribution >= 0.6 is 23.2 Å². The Hall–Kier alpha value is -1.26. The van der Waals surface area contributed by atoms with Crippen LogP contribution in [0.15, 0.2) is 18.2 Å². The molecule has 118 valence electrons. The summed E-state index contributed by atoms with van der Waals surface area (Å²) in [6.45, 7) is 5.69. The second-order valence-corrected chi connectivity index (χ2v) is 7.60. The van der Waals surface area contributed by atoms with Crippen molar-refractivity contribution >= 4 is 40.8 Å². The molecule has 2 atom stereocenters. The minimum atomic E-state index is -1.15. The SMILES string of the molecule is CC12CCC(C(=O)Nc3ccc(Cl)cc3Cl)(OC1=O)C2(C)C. The number of hydrogen-bond acceptors (Lipinski definition) is 3. The summed E-state index contributed by atoms with van der Waals surface area (Å²) in [5.41, 5.74) is -1.91. The number of ether oxygens (including phenoxy) is 1. The van der Waals surface area contributed by atoms with Crippen LogP contribution in [0, 0.1) is 10.8 Å². The predicted molar refractivity (Wildman–Crippen MR) is 85.0 cm³/mol. The normalized spacial score (nSPS) is 32.0. The molecule has 1 aliphatic heterocycles. The Kier molecular flexibility index (Phi) is 3.28. The van der Waals surface area contributed by atoms with Gasteiger partial charge in [0.05, 0.1) is 16.1 Å². The van der Waals surface area contributed by atoms with Gasteiger partial charge in [-0.15, -0.1) is 0 Å². The van der Waals surface area contributed by atoms with Crippen molar-refractivity contribution in [2.24, 2.45) is 10.8 Å². The van der Waals surface area contributed by atoms with E-state index in [1.54, 1.807) is 18.2 Å². The van der Waals surface area contributed by atoms with Gasteiger partial charge < -0.3 is 10.1 Å². The molecule has 1 saturated carbocycles. The first-order valence-corrected chi connectivity index (χ1v) is 7.90. The van der Waals surface area contributed by atoms with Crippen LogP contribution in [0.25, 0.3) is 0 Å². The van der Waals surface area contributed by atoms with E-state index in [0.29, 0.717) is 28.6 Å². The lowest BCUT2D eigenvalue weighted by molar-refractivity contribution is -0.165. The van der Waals surface area contributed by atoms with Gasteiger partial charge in [-0.2, -0.15) is 0 Å². The van der Waals surface area contributed by atoms with Crippen molar-refractivity contribution in [3.63, 3.8) is 0 Å². The second-order valence-electron chi connectivity index (χ2n) is 6.75. The number of hydrogen-bond donors (Lipinski definition) is 1. The monoisotopic (exact) mass is 341 g/mol. The minimum absolute atomic E-state index is 0.305. The molecule has 1 aromatic rings. The van der Waals surface area contributed by atoms with Gasteiger partial charge in [0.1, 0.15) is 0 Å². The van der Waals surface area contributed by atoms with Gasteiger partial charge in [0.25, 0.3) is 5.91 Å². The fraction of sp³-hybridized carbons (Fsp3) is 0.500. The Labute approximate surface area is 139 Å². The molecule has 1 heterocycles. The van der Waals surface area contributed by atoms with Crippen LogP contribution in [0.2, 0.25) is 10.0 Å². The largest absolute Gasteiger partial charge is 0.448 e. The van der Waals surface area contributed by atoms with Gasteiger partial charge in [-0.05, 0) is 38.0 Å². The zero-order valence-electron chi connectivity index (χ0n) is 12.6. The number of benzene rings is 1. The van der Waals surface area contributed by atoms with Crippen LogP contribution in [-0.4, -0.2) is 17.5 Å². The number of nitrogens with one attached hydrogen (secondary N) is 1. The van der Waals surface area contributed by atoms with E-state index in [1.165, 1.54) is 0 Å². The Morgan fingerprint density at radius 3 is 2.41 bits per heavy atom. The summed E-state index contributed by atoms with van der Waals surface area (Å²) in [5.74, 6) is -0.641. The Morgan fingerprint density at radius 2 is 1.91 bits per heavy atom. The summed E-state index contributed by atoms with van der Waals surface area (Å²) in [7, 11) is 0. The van der Waals surface area contributed by atoms with Crippen molar-refractivity contribution in [2.45, 2.75) is 39.2 Å². The lowest BCUT2D eigenvalue weighted by atomic mass is 9.66. The van der Waals surface area contributed by atoms with Gasteiger partial charge in [0, 0.05) is 10.4 Å². The molecule has 22 heavy (non-hydrogen) atoms. The van der Waals surface area contributed by atoms with Gasteiger partial charge in [-0.25, -0.2) is 0 Å². The molecule has 1 aliphatic carbocycles. The number of anilines is 1. The molecule has 0 spiro atoms. The topological polar surface area (TPSA) is 55.4 Å². The van der Waals surface area contributed by atoms with E-state index in [4.69, 9.17) is 27.9 Å². The predicted octanol–water partition coefficient (Wildman–Crippen LogP) is 4.05. The lowest BCUT2D eigenvalue weighted by Gasteiger charge is -2.35. The summed E-state index contributed by atoms with van der Waals surface area (Å²) in [6.07, 6.45) is 1.15. The van der Waals surface area contributed by atoms with E-state index < -0.39 is 16.4 Å². The first-order valence-electron chi connectivity index (χ1n) is 7.14. The van der Waals surface area contributed by atoms with Crippen LogP contribution in [0.3, 0.4) is 0 Å². The summed E-state index contributed by atoms with van der Waals surface area (Å²) < 4.78 is 5.54. The summed E-state index contributed by atoms with van der Waals surface area (Å²) >= 11 is 12.0. The van der Waals surface area contributed by atoms with Crippen molar-refractivity contribution in [1.29, 1.82) is 0 Å². The molecule has 2 unspecified atom stereocenters. The van der Waals surface area contributed by atoms with Gasteiger partial charge in [0.15, 0.2) is 5.60 Å². The van der Waals surface area contributed by atoms with Crippen LogP contribution in [0.4, 0.5) is 5.69 Å². The quantitative estimate of drug-likeness (QED) is 0.825. The fourth-order valence-electron chi connectivity index (χ4n) is 3.56. The minimum Gasteiger partial charge on any atom is -0.448 e. The lowest BCUT2D eigenvalue weighted by Crippen LogP contribution is -2.50. The molecular formula is C16H17Cl2NO3. The molecule has 1 N–H and O–H groups in total. The van der Waals surface area contributed by atoms with Crippen molar-refractivity contribution < 1.29 is 14.3 Å². The molecule has 4 nitrogen and oxygen atoms in total. The standard InChI is InChI=1S/C16H17Cl2NO3/c1-14(2)15(3)6-7-16(14,22-13(15)21)12(20)19-11-5-4-9(17)8-10(11)18/h4-5,8H,6-7H2,1-3H3,(H,19,20). The first kappa shape index (κ1) is 15.6. The van der Waals surface area contributed by atoms with Crippen LogP contribution in [0.1, 0.15) is 33.6 Å². The van der Waals surface area contributed by atoms with Crippen LogP contribution < -0.4 is 5.32 Å². The highest BCUT2D eigenvalue weighted by Crippen LogP contribution is 2.65. The highest BCUT2D eigenvalue weighted by atomic mass is 35.5. The summed E-state index contributed by atoms with van der Waals surface area (Å²) in [6, 6.07) is 4.84. The Bertz CT molecular complexity index is 688. The number of esters is 1. The van der Waals surface area contributed by atoms with E-state index in [2.05, 4.69) is 5.32 Å². The number of rotatable bonds is 2. The zero-order chi connectivity index (χ0) is 16.3. The molecule has 3 rings (SSSR count). The van der Waals surface area contributed by atoms with E-state index in [9.17, 15) is 9.59 Å². The van der Waals surface area contributed by atoms with Crippen molar-refractivity contribution in [2.75, 3.05) is 5.32 Å². The third-order valence-electron chi connectivity index (χ3n) is 5.63. The number of carbonyl (C=O) groups excluding carboxylic acids is 2. The van der Waals surface area contributed by atoms with Crippen LogP contribution in [-0.2, 0) is 14.3 Å². The van der Waals surface area contributed by atoms with Gasteiger partial charge >= 0.3 is 5.97 Å². The molecule has 2 fully saturated rings. The van der Waals surface area contributed by atoms with E-state index in [0.717, 1.165) is 0 Å². The van der Waals surface area contributed by atoms with Crippen LogP contribution in [0.5, 0.6) is 0 Å². The first-order chi connectivity index (χ1) is 10.1. The number of amides is 1. The average molecular weight is 342 g/mol. The maximum Gasteiger partial charge on any atom is 0.313 e. The molecule has 0 radical (unpaired) electrons. The Balaban J connectivity index is 1.94. The van der Waals surface area contributed by atoms with E-state index >= 15 is 0 Å². The van der Waals surface area contributed by atoms with Gasteiger partial charge in [-0.3, -0.25) is 9.59 Å². The molecule has 1 aromatic carbocycles. The van der Waals surface area contributed by atoms with E-state index in [-0.39, 0.29) is 11.9 Å².